The maximum atomic E-state index is 11.6. The van der Waals surface area contributed by atoms with Gasteiger partial charge in [0, 0.05) is 37.8 Å². The second-order valence-corrected chi connectivity index (χ2v) is 4.45. The van der Waals surface area contributed by atoms with E-state index in [1.165, 1.54) is 6.07 Å². The van der Waals surface area contributed by atoms with Crippen molar-refractivity contribution in [2.45, 2.75) is 39.8 Å². The lowest BCUT2D eigenvalue weighted by molar-refractivity contribution is -0.116. The minimum Gasteiger partial charge on any atom is -0.325 e. The number of nitrogens with one attached hydrogen (secondary N) is 2. The molecule has 0 aliphatic rings. The molecule has 0 aliphatic heterocycles. The highest BCUT2D eigenvalue weighted by Crippen LogP contribution is 2.03. The van der Waals surface area contributed by atoms with Crippen molar-refractivity contribution in [2.75, 3.05) is 11.9 Å². The van der Waals surface area contributed by atoms with E-state index in [-0.39, 0.29) is 11.5 Å². The summed E-state index contributed by atoms with van der Waals surface area (Å²) in [5, 5.41) is 5.96. The lowest BCUT2D eigenvalue weighted by Gasteiger charge is -2.09. The molecule has 0 atom stereocenters. The molecule has 0 fully saturated rings. The topological polar surface area (TPSA) is 63.1 Å². The number of carbonyl (C=O) groups is 1. The lowest BCUT2D eigenvalue weighted by Crippen LogP contribution is -2.27. The second-order valence-electron chi connectivity index (χ2n) is 4.45. The molecule has 1 aromatic rings. The molecule has 1 rings (SSSR count). The Kier molecular flexibility index (Phi) is 5.58. The van der Waals surface area contributed by atoms with E-state index in [4.69, 9.17) is 0 Å². The predicted octanol–water partition coefficient (Wildman–Crippen LogP) is 1.19. The fourth-order valence-electron chi connectivity index (χ4n) is 1.55. The molecule has 18 heavy (non-hydrogen) atoms. The van der Waals surface area contributed by atoms with Crippen molar-refractivity contribution in [3.05, 3.63) is 28.7 Å². The van der Waals surface area contributed by atoms with Crippen LogP contribution in [0.15, 0.2) is 23.1 Å². The quantitative estimate of drug-likeness (QED) is 0.798. The number of aromatic nitrogens is 1. The number of rotatable bonds is 6. The van der Waals surface area contributed by atoms with Crippen LogP contribution in [0.25, 0.3) is 0 Å². The highest BCUT2D eigenvalue weighted by Gasteiger charge is 2.04. The van der Waals surface area contributed by atoms with Crippen LogP contribution in [0.3, 0.4) is 0 Å². The summed E-state index contributed by atoms with van der Waals surface area (Å²) < 4.78 is 1.56. The Hall–Kier alpha value is -1.62. The van der Waals surface area contributed by atoms with Gasteiger partial charge in [-0.15, -0.1) is 0 Å². The van der Waals surface area contributed by atoms with Gasteiger partial charge >= 0.3 is 0 Å². The van der Waals surface area contributed by atoms with Crippen LogP contribution in [0.1, 0.15) is 27.2 Å². The van der Waals surface area contributed by atoms with Gasteiger partial charge in [-0.05, 0) is 13.0 Å². The van der Waals surface area contributed by atoms with E-state index in [9.17, 15) is 9.59 Å². The molecule has 0 saturated carbocycles. The van der Waals surface area contributed by atoms with Crippen molar-refractivity contribution in [1.29, 1.82) is 0 Å². The summed E-state index contributed by atoms with van der Waals surface area (Å²) >= 11 is 0. The van der Waals surface area contributed by atoms with Crippen LogP contribution in [0.5, 0.6) is 0 Å². The summed E-state index contributed by atoms with van der Waals surface area (Å²) in [5.74, 6) is -0.0514. The number of carbonyl (C=O) groups excluding carboxylic acids is 1. The number of nitrogens with zero attached hydrogens (tertiary/aromatic N) is 1. The zero-order valence-electron chi connectivity index (χ0n) is 11.2. The molecule has 0 aliphatic carbocycles. The van der Waals surface area contributed by atoms with E-state index in [1.54, 1.807) is 16.8 Å². The summed E-state index contributed by atoms with van der Waals surface area (Å²) in [6.07, 6.45) is 2.08. The van der Waals surface area contributed by atoms with Crippen molar-refractivity contribution in [2.24, 2.45) is 0 Å². The van der Waals surface area contributed by atoms with Crippen LogP contribution >= 0.6 is 0 Å². The number of hydrogen-bond donors (Lipinski definition) is 2. The summed E-state index contributed by atoms with van der Waals surface area (Å²) in [6.45, 7) is 7.21. The van der Waals surface area contributed by atoms with Crippen LogP contribution in [0, 0.1) is 0 Å². The fraction of sp³-hybridized carbons (Fsp3) is 0.538. The third kappa shape index (κ3) is 4.71. The van der Waals surface area contributed by atoms with Gasteiger partial charge in [-0.1, -0.05) is 13.8 Å². The van der Waals surface area contributed by atoms with Gasteiger partial charge in [-0.25, -0.2) is 0 Å². The number of hydrogen-bond acceptors (Lipinski definition) is 3. The molecule has 0 aromatic carbocycles. The molecule has 1 heterocycles. The smallest absolute Gasteiger partial charge is 0.250 e. The molecule has 5 heteroatoms. The Bertz CT molecular complexity index is 452. The number of anilines is 1. The fourth-order valence-corrected chi connectivity index (χ4v) is 1.55. The van der Waals surface area contributed by atoms with Gasteiger partial charge in [0.05, 0.1) is 5.69 Å². The average Bonchev–Trinajstić information content (AvgIpc) is 2.31. The minimum atomic E-state index is -0.0584. The van der Waals surface area contributed by atoms with E-state index in [0.29, 0.717) is 31.2 Å². The van der Waals surface area contributed by atoms with Crippen LogP contribution in [0.4, 0.5) is 5.69 Å². The van der Waals surface area contributed by atoms with E-state index in [2.05, 4.69) is 10.6 Å². The van der Waals surface area contributed by atoms with Gasteiger partial charge in [0.1, 0.15) is 0 Å². The van der Waals surface area contributed by atoms with Crippen LogP contribution in [0.2, 0.25) is 0 Å². The first-order valence-electron chi connectivity index (χ1n) is 6.26. The molecule has 1 amide bonds. The van der Waals surface area contributed by atoms with Gasteiger partial charge in [0.15, 0.2) is 0 Å². The van der Waals surface area contributed by atoms with E-state index in [1.807, 2.05) is 20.8 Å². The van der Waals surface area contributed by atoms with Crippen molar-refractivity contribution in [1.82, 2.24) is 9.88 Å². The van der Waals surface area contributed by atoms with Gasteiger partial charge in [-0.3, -0.25) is 9.59 Å². The normalized spacial score (nSPS) is 10.7. The maximum Gasteiger partial charge on any atom is 0.250 e. The lowest BCUT2D eigenvalue weighted by atomic mass is 10.3. The van der Waals surface area contributed by atoms with Gasteiger partial charge in [0.25, 0.3) is 5.56 Å². The SMILES string of the molecule is CCn1cc(NC(=O)CCNC(C)C)ccc1=O. The standard InChI is InChI=1S/C13H21N3O2/c1-4-16-9-11(5-6-13(16)18)15-12(17)7-8-14-10(2)3/h5-6,9-10,14H,4,7-8H2,1-3H3,(H,15,17). The van der Waals surface area contributed by atoms with Gasteiger partial charge < -0.3 is 15.2 Å². The second kappa shape index (κ2) is 6.96. The van der Waals surface area contributed by atoms with Gasteiger partial charge in [0.2, 0.25) is 5.91 Å². The predicted molar refractivity (Wildman–Crippen MR) is 72.8 cm³/mol. The maximum absolute atomic E-state index is 11.6. The summed E-state index contributed by atoms with van der Waals surface area (Å²) in [5.41, 5.74) is 0.600. The molecule has 0 radical (unpaired) electrons. The highest BCUT2D eigenvalue weighted by molar-refractivity contribution is 5.90. The summed E-state index contributed by atoms with van der Waals surface area (Å²) in [6, 6.07) is 3.47. The minimum absolute atomic E-state index is 0.0514. The van der Waals surface area contributed by atoms with Crippen LogP contribution in [-0.4, -0.2) is 23.1 Å². The summed E-state index contributed by atoms with van der Waals surface area (Å²) in [7, 11) is 0. The molecular formula is C13H21N3O2. The zero-order chi connectivity index (χ0) is 13.5. The molecule has 100 valence electrons. The first-order chi connectivity index (χ1) is 8.52. The third-order valence-electron chi connectivity index (χ3n) is 2.51. The summed E-state index contributed by atoms with van der Waals surface area (Å²) in [4.78, 5) is 23.0. The van der Waals surface area contributed by atoms with E-state index < -0.39 is 0 Å². The average molecular weight is 251 g/mol. The first kappa shape index (κ1) is 14.4. The molecule has 2 N–H and O–H groups in total. The van der Waals surface area contributed by atoms with Crippen LogP contribution in [-0.2, 0) is 11.3 Å². The molecule has 1 aromatic heterocycles. The molecule has 0 unspecified atom stereocenters. The van der Waals surface area contributed by atoms with E-state index >= 15 is 0 Å². The molecule has 0 bridgehead atoms. The van der Waals surface area contributed by atoms with Crippen LogP contribution < -0.4 is 16.2 Å². The molecule has 5 nitrogen and oxygen atoms in total. The Balaban J connectivity index is 2.51. The van der Waals surface area contributed by atoms with E-state index in [0.717, 1.165) is 0 Å². The highest BCUT2D eigenvalue weighted by atomic mass is 16.1. The Labute approximate surface area is 107 Å². The Morgan fingerprint density at radius 3 is 2.72 bits per heavy atom. The third-order valence-corrected chi connectivity index (χ3v) is 2.51. The monoisotopic (exact) mass is 251 g/mol. The van der Waals surface area contributed by atoms with Gasteiger partial charge in [-0.2, -0.15) is 0 Å². The zero-order valence-corrected chi connectivity index (χ0v) is 11.2. The number of pyridine rings is 1. The number of amides is 1. The largest absolute Gasteiger partial charge is 0.325 e. The Morgan fingerprint density at radius 2 is 2.11 bits per heavy atom. The van der Waals surface area contributed by atoms with Crippen molar-refractivity contribution in [3.8, 4) is 0 Å². The Morgan fingerprint density at radius 1 is 1.39 bits per heavy atom. The van der Waals surface area contributed by atoms with Crippen molar-refractivity contribution < 1.29 is 4.79 Å². The molecular weight excluding hydrogens is 230 g/mol. The first-order valence-corrected chi connectivity index (χ1v) is 6.26. The number of aryl methyl sites for hydroxylation is 1. The molecule has 0 saturated heterocycles. The van der Waals surface area contributed by atoms with Crippen molar-refractivity contribution >= 4 is 11.6 Å². The molecule has 0 spiro atoms. The van der Waals surface area contributed by atoms with Crippen molar-refractivity contribution in [3.63, 3.8) is 0 Å².